The Bertz CT molecular complexity index is 1030. The van der Waals surface area contributed by atoms with Crippen LogP contribution in [0, 0.1) is 6.92 Å². The molecule has 0 amide bonds. The monoisotopic (exact) mass is 316 g/mol. The molecule has 1 aromatic carbocycles. The van der Waals surface area contributed by atoms with E-state index in [9.17, 15) is 13.2 Å². The Kier molecular flexibility index (Phi) is 2.75. The first-order chi connectivity index (χ1) is 10.9. The molecule has 4 rings (SSSR count). The second kappa shape index (κ2) is 4.58. The molecule has 3 heterocycles. The third-order valence-electron chi connectivity index (χ3n) is 3.72. The van der Waals surface area contributed by atoms with Gasteiger partial charge in [0, 0.05) is 5.69 Å². The van der Waals surface area contributed by atoms with Crippen molar-refractivity contribution in [1.82, 2.24) is 19.4 Å². The van der Waals surface area contributed by atoms with Crippen LogP contribution in [-0.4, -0.2) is 19.4 Å². The lowest BCUT2D eigenvalue weighted by molar-refractivity contribution is -0.145. The van der Waals surface area contributed by atoms with Crippen molar-refractivity contribution < 1.29 is 13.2 Å². The fourth-order valence-corrected chi connectivity index (χ4v) is 2.71. The molecule has 0 aliphatic carbocycles. The van der Waals surface area contributed by atoms with Crippen LogP contribution in [0.1, 0.15) is 11.4 Å². The smallest absolute Gasteiger partial charge is 0.338 e. The summed E-state index contributed by atoms with van der Waals surface area (Å²) in [5.41, 5.74) is 3.72. The summed E-state index contributed by atoms with van der Waals surface area (Å²) in [5.74, 6) is -0.949. The molecule has 0 saturated heterocycles. The van der Waals surface area contributed by atoms with Crippen molar-refractivity contribution in [3.63, 3.8) is 0 Å². The van der Waals surface area contributed by atoms with E-state index in [4.69, 9.17) is 0 Å². The van der Waals surface area contributed by atoms with E-state index >= 15 is 0 Å². The first-order valence-corrected chi connectivity index (χ1v) is 6.93. The predicted molar refractivity (Wildman–Crippen MR) is 80.0 cm³/mol. The second-order valence-electron chi connectivity index (χ2n) is 5.38. The van der Waals surface area contributed by atoms with Gasteiger partial charge in [0.05, 0.1) is 23.4 Å². The van der Waals surface area contributed by atoms with E-state index in [0.717, 1.165) is 15.5 Å². The summed E-state index contributed by atoms with van der Waals surface area (Å²) in [4.78, 5) is 10.8. The molecule has 0 atom stereocenters. The molecule has 0 bridgehead atoms. The number of aromatic nitrogens is 4. The van der Waals surface area contributed by atoms with Gasteiger partial charge in [-0.1, -0.05) is 23.8 Å². The molecule has 4 nitrogen and oxygen atoms in total. The Morgan fingerprint density at radius 3 is 2.61 bits per heavy atom. The summed E-state index contributed by atoms with van der Waals surface area (Å²) in [7, 11) is 0. The molecular formula is C16H11F3N4. The number of nitrogens with one attached hydrogen (secondary N) is 1. The van der Waals surface area contributed by atoms with Crippen molar-refractivity contribution in [2.75, 3.05) is 0 Å². The molecule has 0 radical (unpaired) electrons. The number of aromatic amines is 1. The zero-order chi connectivity index (χ0) is 16.2. The van der Waals surface area contributed by atoms with Gasteiger partial charge in [-0.2, -0.15) is 13.2 Å². The quantitative estimate of drug-likeness (QED) is 0.572. The van der Waals surface area contributed by atoms with E-state index in [0.29, 0.717) is 22.4 Å². The number of halogens is 3. The average molecular weight is 316 g/mol. The minimum absolute atomic E-state index is 0.305. The fraction of sp³-hybridized carbons (Fsp3) is 0.125. The van der Waals surface area contributed by atoms with Crippen LogP contribution in [0.15, 0.2) is 42.7 Å². The number of H-pyrrole nitrogens is 1. The van der Waals surface area contributed by atoms with Gasteiger partial charge in [-0.15, -0.1) is 0 Å². The largest absolute Gasteiger partial charge is 0.450 e. The van der Waals surface area contributed by atoms with Crippen molar-refractivity contribution in [2.24, 2.45) is 0 Å². The van der Waals surface area contributed by atoms with Gasteiger partial charge < -0.3 is 4.98 Å². The summed E-state index contributed by atoms with van der Waals surface area (Å²) in [5, 5.41) is 0. The molecule has 116 valence electrons. The Morgan fingerprint density at radius 1 is 1.09 bits per heavy atom. The molecular weight excluding hydrogens is 305 g/mol. The molecule has 0 spiro atoms. The van der Waals surface area contributed by atoms with E-state index in [-0.39, 0.29) is 0 Å². The zero-order valence-corrected chi connectivity index (χ0v) is 12.0. The van der Waals surface area contributed by atoms with Gasteiger partial charge in [-0.3, -0.25) is 4.40 Å². The topological polar surface area (TPSA) is 46.0 Å². The third-order valence-corrected chi connectivity index (χ3v) is 3.72. The summed E-state index contributed by atoms with van der Waals surface area (Å²) in [6, 6.07) is 9.38. The van der Waals surface area contributed by atoms with Crippen LogP contribution in [0.4, 0.5) is 13.2 Å². The van der Waals surface area contributed by atoms with Gasteiger partial charge in [0.1, 0.15) is 0 Å². The second-order valence-corrected chi connectivity index (χ2v) is 5.38. The van der Waals surface area contributed by atoms with Crippen LogP contribution < -0.4 is 0 Å². The lowest BCUT2D eigenvalue weighted by Gasteiger charge is -2.05. The maximum atomic E-state index is 13.1. The number of nitrogens with zero attached hydrogens (tertiary/aromatic N) is 3. The first kappa shape index (κ1) is 13.8. The number of alkyl halides is 3. The normalized spacial score (nSPS) is 12.3. The highest BCUT2D eigenvalue weighted by Crippen LogP contribution is 2.32. The number of fused-ring (bicyclic) bond motifs is 3. The van der Waals surface area contributed by atoms with Crippen LogP contribution >= 0.6 is 0 Å². The highest BCUT2D eigenvalue weighted by atomic mass is 19.4. The Morgan fingerprint density at radius 2 is 1.87 bits per heavy atom. The molecule has 3 aromatic heterocycles. The molecule has 0 aliphatic heterocycles. The average Bonchev–Trinajstić information content (AvgIpc) is 3.10. The van der Waals surface area contributed by atoms with E-state index in [1.54, 1.807) is 6.07 Å². The SMILES string of the molecule is Cc1cccc(-c2cc3c(ncc4cnc(C(F)(F)F)n43)[nH]2)c1. The van der Waals surface area contributed by atoms with Gasteiger partial charge in [-0.05, 0) is 24.6 Å². The van der Waals surface area contributed by atoms with Crippen LogP contribution in [0.2, 0.25) is 0 Å². The summed E-state index contributed by atoms with van der Waals surface area (Å²) >= 11 is 0. The van der Waals surface area contributed by atoms with Crippen molar-refractivity contribution >= 4 is 16.7 Å². The highest BCUT2D eigenvalue weighted by Gasteiger charge is 2.36. The number of aryl methyl sites for hydroxylation is 1. The van der Waals surface area contributed by atoms with Crippen LogP contribution in [0.25, 0.3) is 27.9 Å². The summed E-state index contributed by atoms with van der Waals surface area (Å²) in [6.07, 6.45) is -1.98. The number of rotatable bonds is 1. The van der Waals surface area contributed by atoms with E-state index in [2.05, 4.69) is 15.0 Å². The first-order valence-electron chi connectivity index (χ1n) is 6.93. The molecule has 1 N–H and O–H groups in total. The number of hydrogen-bond donors (Lipinski definition) is 1. The van der Waals surface area contributed by atoms with Gasteiger partial charge in [0.25, 0.3) is 0 Å². The fourth-order valence-electron chi connectivity index (χ4n) is 2.71. The maximum Gasteiger partial charge on any atom is 0.450 e. The molecule has 0 saturated carbocycles. The van der Waals surface area contributed by atoms with Gasteiger partial charge >= 0.3 is 6.18 Å². The van der Waals surface area contributed by atoms with Crippen molar-refractivity contribution in [3.8, 4) is 11.3 Å². The van der Waals surface area contributed by atoms with Crippen LogP contribution in [0.5, 0.6) is 0 Å². The Labute approximate surface area is 128 Å². The molecule has 0 unspecified atom stereocenters. The minimum atomic E-state index is -4.53. The van der Waals surface area contributed by atoms with E-state index < -0.39 is 12.0 Å². The summed E-state index contributed by atoms with van der Waals surface area (Å²) < 4.78 is 40.5. The van der Waals surface area contributed by atoms with Crippen molar-refractivity contribution in [2.45, 2.75) is 13.1 Å². The molecule has 0 aliphatic rings. The Hall–Kier alpha value is -2.83. The predicted octanol–water partition coefficient (Wildman–Crippen LogP) is 4.20. The zero-order valence-electron chi connectivity index (χ0n) is 12.0. The molecule has 7 heteroatoms. The number of benzene rings is 1. The third kappa shape index (κ3) is 2.16. The van der Waals surface area contributed by atoms with E-state index in [1.165, 1.54) is 12.4 Å². The molecule has 23 heavy (non-hydrogen) atoms. The molecule has 0 fully saturated rings. The van der Waals surface area contributed by atoms with Crippen LogP contribution in [0.3, 0.4) is 0 Å². The maximum absolute atomic E-state index is 13.1. The highest BCUT2D eigenvalue weighted by molar-refractivity contribution is 5.82. The lowest BCUT2D eigenvalue weighted by atomic mass is 10.1. The number of hydrogen-bond acceptors (Lipinski definition) is 2. The van der Waals surface area contributed by atoms with Gasteiger partial charge in [-0.25, -0.2) is 9.97 Å². The summed E-state index contributed by atoms with van der Waals surface area (Å²) in [6.45, 7) is 1.96. The van der Waals surface area contributed by atoms with Gasteiger partial charge in [0.2, 0.25) is 5.82 Å². The van der Waals surface area contributed by atoms with Crippen molar-refractivity contribution in [3.05, 3.63) is 54.1 Å². The van der Waals surface area contributed by atoms with E-state index in [1.807, 2.05) is 31.2 Å². The number of imidazole rings is 1. The van der Waals surface area contributed by atoms with Crippen molar-refractivity contribution in [1.29, 1.82) is 0 Å². The van der Waals surface area contributed by atoms with Crippen LogP contribution in [-0.2, 0) is 6.18 Å². The standard InChI is InChI=1S/C16H11F3N4/c1-9-3-2-4-10(5-9)12-6-13-14(22-12)20-7-11-8-21-15(23(11)13)16(17,18)19/h2-8,22H,1H3. The molecule has 4 aromatic rings. The lowest BCUT2D eigenvalue weighted by Crippen LogP contribution is -2.11. The Balaban J connectivity index is 2.02. The minimum Gasteiger partial charge on any atom is -0.338 e. The van der Waals surface area contributed by atoms with Gasteiger partial charge in [0.15, 0.2) is 5.65 Å².